The van der Waals surface area contributed by atoms with Crippen molar-refractivity contribution in [2.75, 3.05) is 0 Å². The van der Waals surface area contributed by atoms with Crippen molar-refractivity contribution in [1.29, 1.82) is 0 Å². The number of carbonyl (C=O) groups is 2. The maximum atomic E-state index is 13.5. The fourth-order valence-corrected chi connectivity index (χ4v) is 5.55. The SMILES string of the molecule is O=C(NC1CCCC1)[C@@H](c1ccc(Cl)cc1)N(Cc1cccs1)C(=O)Cc1cccs1. The molecule has 0 bridgehead atoms. The second-order valence-electron chi connectivity index (χ2n) is 7.80. The van der Waals surface area contributed by atoms with E-state index >= 15 is 0 Å². The number of hydrogen-bond donors (Lipinski definition) is 1. The Balaban J connectivity index is 1.67. The van der Waals surface area contributed by atoms with Gasteiger partial charge in [-0.25, -0.2) is 0 Å². The maximum absolute atomic E-state index is 13.5. The van der Waals surface area contributed by atoms with E-state index in [0.29, 0.717) is 11.6 Å². The molecule has 1 saturated carbocycles. The smallest absolute Gasteiger partial charge is 0.247 e. The molecule has 2 heterocycles. The van der Waals surface area contributed by atoms with Crippen molar-refractivity contribution in [2.24, 2.45) is 0 Å². The summed E-state index contributed by atoms with van der Waals surface area (Å²) < 4.78 is 0. The molecule has 7 heteroatoms. The molecule has 1 aliphatic carbocycles. The molecule has 0 saturated heterocycles. The minimum atomic E-state index is -0.701. The predicted molar refractivity (Wildman–Crippen MR) is 127 cm³/mol. The number of benzene rings is 1. The highest BCUT2D eigenvalue weighted by Gasteiger charge is 2.33. The molecule has 162 valence electrons. The van der Waals surface area contributed by atoms with Crippen molar-refractivity contribution >= 4 is 46.1 Å². The molecule has 1 aliphatic rings. The van der Waals surface area contributed by atoms with E-state index in [2.05, 4.69) is 5.32 Å². The third-order valence-electron chi connectivity index (χ3n) is 5.58. The van der Waals surface area contributed by atoms with Gasteiger partial charge in [-0.1, -0.05) is 48.7 Å². The van der Waals surface area contributed by atoms with Gasteiger partial charge in [-0.05, 0) is 53.4 Å². The zero-order chi connectivity index (χ0) is 21.6. The Labute approximate surface area is 195 Å². The topological polar surface area (TPSA) is 49.4 Å². The average molecular weight is 473 g/mol. The molecule has 2 aromatic heterocycles. The first-order valence-corrected chi connectivity index (χ1v) is 12.6. The van der Waals surface area contributed by atoms with Crippen molar-refractivity contribution in [3.8, 4) is 0 Å². The van der Waals surface area contributed by atoms with E-state index in [-0.39, 0.29) is 24.3 Å². The maximum Gasteiger partial charge on any atom is 0.247 e. The van der Waals surface area contributed by atoms with Crippen LogP contribution < -0.4 is 5.32 Å². The Morgan fingerprint density at radius 3 is 2.26 bits per heavy atom. The lowest BCUT2D eigenvalue weighted by atomic mass is 10.0. The molecule has 4 nitrogen and oxygen atoms in total. The number of carbonyl (C=O) groups excluding carboxylic acids is 2. The third kappa shape index (κ3) is 5.76. The highest BCUT2D eigenvalue weighted by Crippen LogP contribution is 2.29. The molecule has 1 aromatic carbocycles. The Morgan fingerprint density at radius 2 is 1.65 bits per heavy atom. The number of rotatable bonds is 8. The standard InChI is InChI=1S/C24H25ClN2O2S2/c25-18-11-9-17(10-12-18)23(24(29)26-19-5-1-2-6-19)27(16-21-8-4-14-31-21)22(28)15-20-7-3-13-30-20/h3-4,7-14,19,23H,1-2,5-6,15-16H2,(H,26,29)/t23-/m1/s1. The summed E-state index contributed by atoms with van der Waals surface area (Å²) in [5.74, 6) is -0.178. The van der Waals surface area contributed by atoms with Gasteiger partial charge in [-0.3, -0.25) is 9.59 Å². The van der Waals surface area contributed by atoms with E-state index in [1.165, 1.54) is 0 Å². The number of amides is 2. The van der Waals surface area contributed by atoms with E-state index in [1.807, 2.05) is 47.2 Å². The first-order valence-electron chi connectivity index (χ1n) is 10.5. The Bertz CT molecular complexity index is 981. The van der Waals surface area contributed by atoms with Gasteiger partial charge in [0.2, 0.25) is 11.8 Å². The molecular formula is C24H25ClN2O2S2. The molecule has 0 unspecified atom stereocenters. The number of halogens is 1. The van der Waals surface area contributed by atoms with E-state index in [1.54, 1.807) is 39.7 Å². The van der Waals surface area contributed by atoms with Crippen LogP contribution in [0, 0.1) is 0 Å². The van der Waals surface area contributed by atoms with Crippen molar-refractivity contribution in [1.82, 2.24) is 10.2 Å². The van der Waals surface area contributed by atoms with Crippen LogP contribution >= 0.6 is 34.3 Å². The van der Waals surface area contributed by atoms with E-state index in [0.717, 1.165) is 41.0 Å². The molecule has 3 aromatic rings. The van der Waals surface area contributed by atoms with E-state index in [4.69, 9.17) is 11.6 Å². The van der Waals surface area contributed by atoms with Crippen LogP contribution in [0.5, 0.6) is 0 Å². The van der Waals surface area contributed by atoms with Crippen LogP contribution in [0.2, 0.25) is 5.02 Å². The average Bonchev–Trinajstić information content (AvgIpc) is 3.53. The Hall–Kier alpha value is -2.15. The highest BCUT2D eigenvalue weighted by molar-refractivity contribution is 7.10. The molecule has 1 atom stereocenters. The van der Waals surface area contributed by atoms with Gasteiger partial charge in [0.25, 0.3) is 0 Å². The summed E-state index contributed by atoms with van der Waals surface area (Å²) in [7, 11) is 0. The number of nitrogens with zero attached hydrogens (tertiary/aromatic N) is 1. The van der Waals surface area contributed by atoms with Crippen molar-refractivity contribution in [3.63, 3.8) is 0 Å². The summed E-state index contributed by atoms with van der Waals surface area (Å²) in [6, 6.07) is 14.6. The summed E-state index contributed by atoms with van der Waals surface area (Å²) in [5.41, 5.74) is 0.774. The monoisotopic (exact) mass is 472 g/mol. The van der Waals surface area contributed by atoms with Crippen molar-refractivity contribution < 1.29 is 9.59 Å². The molecule has 0 radical (unpaired) electrons. The lowest BCUT2D eigenvalue weighted by molar-refractivity contribution is -0.141. The normalized spacial score (nSPS) is 15.0. The summed E-state index contributed by atoms with van der Waals surface area (Å²) in [6.07, 6.45) is 4.53. The fraction of sp³-hybridized carbons (Fsp3) is 0.333. The quantitative estimate of drug-likeness (QED) is 0.448. The molecule has 2 amide bonds. The summed E-state index contributed by atoms with van der Waals surface area (Å²) in [6.45, 7) is 0.396. The zero-order valence-corrected chi connectivity index (χ0v) is 19.5. The molecular weight excluding hydrogens is 448 g/mol. The largest absolute Gasteiger partial charge is 0.351 e. The molecule has 0 aliphatic heterocycles. The minimum absolute atomic E-state index is 0.0580. The molecule has 31 heavy (non-hydrogen) atoms. The van der Waals surface area contributed by atoms with Gasteiger partial charge in [-0.2, -0.15) is 0 Å². The predicted octanol–water partition coefficient (Wildman–Crippen LogP) is 5.83. The lowest BCUT2D eigenvalue weighted by Crippen LogP contribution is -2.46. The van der Waals surface area contributed by atoms with Crippen LogP contribution in [0.3, 0.4) is 0 Å². The summed E-state index contributed by atoms with van der Waals surface area (Å²) >= 11 is 9.26. The van der Waals surface area contributed by atoms with Gasteiger partial charge in [-0.15, -0.1) is 22.7 Å². The number of thiophene rings is 2. The van der Waals surface area contributed by atoms with Gasteiger partial charge in [0.05, 0.1) is 13.0 Å². The Kier molecular flexibility index (Phi) is 7.43. The van der Waals surface area contributed by atoms with E-state index < -0.39 is 6.04 Å². The van der Waals surface area contributed by atoms with Crippen LogP contribution in [0.4, 0.5) is 0 Å². The molecule has 4 rings (SSSR count). The van der Waals surface area contributed by atoms with Crippen molar-refractivity contribution in [2.45, 2.75) is 50.7 Å². The van der Waals surface area contributed by atoms with Gasteiger partial charge in [0.1, 0.15) is 6.04 Å². The highest BCUT2D eigenvalue weighted by atomic mass is 35.5. The lowest BCUT2D eigenvalue weighted by Gasteiger charge is -2.32. The van der Waals surface area contributed by atoms with Gasteiger partial charge in [0, 0.05) is 20.8 Å². The summed E-state index contributed by atoms with van der Waals surface area (Å²) in [5, 5.41) is 7.77. The van der Waals surface area contributed by atoms with Crippen LogP contribution in [0.25, 0.3) is 0 Å². The number of nitrogens with one attached hydrogen (secondary N) is 1. The van der Waals surface area contributed by atoms with Crippen LogP contribution in [-0.2, 0) is 22.6 Å². The summed E-state index contributed by atoms with van der Waals surface area (Å²) in [4.78, 5) is 30.8. The second-order valence-corrected chi connectivity index (χ2v) is 10.3. The Morgan fingerprint density at radius 1 is 1.00 bits per heavy atom. The third-order valence-corrected chi connectivity index (χ3v) is 7.57. The van der Waals surface area contributed by atoms with Crippen molar-refractivity contribution in [3.05, 3.63) is 79.6 Å². The minimum Gasteiger partial charge on any atom is -0.351 e. The van der Waals surface area contributed by atoms with Gasteiger partial charge >= 0.3 is 0 Å². The molecule has 1 N–H and O–H groups in total. The molecule has 0 spiro atoms. The number of hydrogen-bond acceptors (Lipinski definition) is 4. The first-order chi connectivity index (χ1) is 15.1. The van der Waals surface area contributed by atoms with Crippen LogP contribution in [0.15, 0.2) is 59.3 Å². The van der Waals surface area contributed by atoms with Crippen LogP contribution in [-0.4, -0.2) is 22.8 Å². The second kappa shape index (κ2) is 10.4. The van der Waals surface area contributed by atoms with Gasteiger partial charge in [0.15, 0.2) is 0 Å². The van der Waals surface area contributed by atoms with Crippen LogP contribution in [0.1, 0.15) is 47.0 Å². The van der Waals surface area contributed by atoms with E-state index in [9.17, 15) is 9.59 Å². The zero-order valence-electron chi connectivity index (χ0n) is 17.1. The fourth-order valence-electron chi connectivity index (χ4n) is 4.03. The first kappa shape index (κ1) is 22.1. The molecule has 1 fully saturated rings. The van der Waals surface area contributed by atoms with Gasteiger partial charge < -0.3 is 10.2 Å².